The number of nitrogens with zero attached hydrogens (tertiary/aromatic N) is 3. The van der Waals surface area contributed by atoms with Gasteiger partial charge in [0, 0.05) is 30.7 Å². The van der Waals surface area contributed by atoms with Crippen LogP contribution in [0.2, 0.25) is 0 Å². The monoisotopic (exact) mass is 376 g/mol. The van der Waals surface area contributed by atoms with Gasteiger partial charge in [-0.15, -0.1) is 0 Å². The Labute approximate surface area is 166 Å². The summed E-state index contributed by atoms with van der Waals surface area (Å²) in [6, 6.07) is 12.2. The second-order valence-electron chi connectivity index (χ2n) is 7.59. The van der Waals surface area contributed by atoms with Crippen molar-refractivity contribution in [2.24, 2.45) is 0 Å². The number of aromatic nitrogens is 2. The summed E-state index contributed by atoms with van der Waals surface area (Å²) in [5.41, 5.74) is 5.48. The van der Waals surface area contributed by atoms with Crippen LogP contribution >= 0.6 is 0 Å². The first kappa shape index (κ1) is 18.5. The van der Waals surface area contributed by atoms with Crippen LogP contribution in [0.1, 0.15) is 54.4 Å². The van der Waals surface area contributed by atoms with Gasteiger partial charge in [0.1, 0.15) is 11.3 Å². The number of fused-ring (bicyclic) bond motifs is 1. The van der Waals surface area contributed by atoms with E-state index in [1.54, 1.807) is 0 Å². The molecular weight excluding hydrogens is 348 g/mol. The second kappa shape index (κ2) is 8.05. The summed E-state index contributed by atoms with van der Waals surface area (Å²) in [6.07, 6.45) is 7.50. The van der Waals surface area contributed by atoms with Crippen LogP contribution in [0.15, 0.2) is 42.6 Å². The molecule has 3 heterocycles. The predicted octanol–water partition coefficient (Wildman–Crippen LogP) is 4.84. The van der Waals surface area contributed by atoms with Crippen LogP contribution in [0, 0.1) is 6.92 Å². The first-order valence-electron chi connectivity index (χ1n) is 10.3. The molecular formula is C23H28N4O. The molecule has 28 heavy (non-hydrogen) atoms. The van der Waals surface area contributed by atoms with Crippen molar-refractivity contribution in [2.75, 3.05) is 23.3 Å². The number of imidazole rings is 1. The predicted molar refractivity (Wildman–Crippen MR) is 114 cm³/mol. The number of aryl methyl sites for hydroxylation is 2. The molecule has 146 valence electrons. The van der Waals surface area contributed by atoms with Crippen LogP contribution in [-0.4, -0.2) is 28.4 Å². The smallest absolute Gasteiger partial charge is 0.274 e. The van der Waals surface area contributed by atoms with Gasteiger partial charge < -0.3 is 10.2 Å². The Morgan fingerprint density at radius 3 is 2.57 bits per heavy atom. The molecule has 2 aromatic heterocycles. The Balaban J connectivity index is 1.58. The van der Waals surface area contributed by atoms with Gasteiger partial charge in [-0.25, -0.2) is 4.98 Å². The molecule has 5 heteroatoms. The third kappa shape index (κ3) is 3.61. The average molecular weight is 377 g/mol. The molecule has 4 rings (SSSR count). The van der Waals surface area contributed by atoms with E-state index in [-0.39, 0.29) is 5.91 Å². The molecule has 0 spiro atoms. The number of carbonyl (C=O) groups is 1. The molecule has 5 nitrogen and oxygen atoms in total. The lowest BCUT2D eigenvalue weighted by Gasteiger charge is -2.28. The van der Waals surface area contributed by atoms with Gasteiger partial charge in [0.05, 0.1) is 5.69 Å². The van der Waals surface area contributed by atoms with Crippen molar-refractivity contribution in [3.05, 3.63) is 59.5 Å². The van der Waals surface area contributed by atoms with Gasteiger partial charge in [-0.1, -0.05) is 19.4 Å². The number of nitrogens with one attached hydrogen (secondary N) is 1. The number of anilines is 2. The number of amides is 1. The van der Waals surface area contributed by atoms with Crippen molar-refractivity contribution in [2.45, 2.75) is 46.0 Å². The first-order chi connectivity index (χ1) is 13.7. The number of hydrogen-bond acceptors (Lipinski definition) is 3. The number of piperidine rings is 1. The van der Waals surface area contributed by atoms with Gasteiger partial charge in [0.25, 0.3) is 5.91 Å². The van der Waals surface area contributed by atoms with Crippen LogP contribution in [-0.2, 0) is 6.42 Å². The summed E-state index contributed by atoms with van der Waals surface area (Å²) in [7, 11) is 0. The van der Waals surface area contributed by atoms with Gasteiger partial charge in [-0.05, 0) is 68.5 Å². The minimum atomic E-state index is -0.104. The molecule has 1 amide bonds. The van der Waals surface area contributed by atoms with E-state index in [9.17, 15) is 4.79 Å². The molecule has 1 fully saturated rings. The largest absolute Gasteiger partial charge is 0.372 e. The van der Waals surface area contributed by atoms with Crippen LogP contribution in [0.3, 0.4) is 0 Å². The Morgan fingerprint density at radius 1 is 1.11 bits per heavy atom. The molecule has 0 saturated carbocycles. The minimum Gasteiger partial charge on any atom is -0.372 e. The molecule has 0 unspecified atom stereocenters. The molecule has 1 saturated heterocycles. The van der Waals surface area contributed by atoms with E-state index in [4.69, 9.17) is 4.98 Å². The van der Waals surface area contributed by atoms with Crippen molar-refractivity contribution < 1.29 is 4.79 Å². The van der Waals surface area contributed by atoms with Gasteiger partial charge >= 0.3 is 0 Å². The molecule has 1 aliphatic heterocycles. The zero-order chi connectivity index (χ0) is 19.5. The first-order valence-corrected chi connectivity index (χ1v) is 10.3. The van der Waals surface area contributed by atoms with E-state index < -0.39 is 0 Å². The van der Waals surface area contributed by atoms with Crippen molar-refractivity contribution in [1.29, 1.82) is 0 Å². The molecule has 1 aromatic carbocycles. The third-order valence-electron chi connectivity index (χ3n) is 5.47. The maximum Gasteiger partial charge on any atom is 0.274 e. The third-order valence-corrected chi connectivity index (χ3v) is 5.47. The zero-order valence-electron chi connectivity index (χ0n) is 16.7. The highest BCUT2D eigenvalue weighted by atomic mass is 16.2. The Hall–Kier alpha value is -2.82. The van der Waals surface area contributed by atoms with Gasteiger partial charge in [-0.2, -0.15) is 0 Å². The molecule has 0 atom stereocenters. The minimum absolute atomic E-state index is 0.104. The van der Waals surface area contributed by atoms with Crippen molar-refractivity contribution in [3.8, 4) is 0 Å². The van der Waals surface area contributed by atoms with E-state index >= 15 is 0 Å². The highest BCUT2D eigenvalue weighted by molar-refractivity contribution is 6.04. The van der Waals surface area contributed by atoms with Gasteiger partial charge in [-0.3, -0.25) is 9.20 Å². The van der Waals surface area contributed by atoms with Crippen molar-refractivity contribution >= 4 is 22.9 Å². The number of rotatable bonds is 5. The normalized spacial score (nSPS) is 14.4. The standard InChI is InChI=1S/C23H28N4O/c1-3-8-20-21(27-16-7-9-17(2)22(27)25-20)23(28)24-18-10-12-19(13-11-18)26-14-5-4-6-15-26/h7,9-13,16H,3-6,8,14-15H2,1-2H3,(H,24,28). The van der Waals surface area contributed by atoms with Crippen molar-refractivity contribution in [3.63, 3.8) is 0 Å². The highest BCUT2D eigenvalue weighted by Crippen LogP contribution is 2.23. The summed E-state index contributed by atoms with van der Waals surface area (Å²) >= 11 is 0. The maximum absolute atomic E-state index is 13.1. The lowest BCUT2D eigenvalue weighted by Crippen LogP contribution is -2.29. The topological polar surface area (TPSA) is 49.6 Å². The van der Waals surface area contributed by atoms with Crippen LogP contribution in [0.5, 0.6) is 0 Å². The lowest BCUT2D eigenvalue weighted by atomic mass is 10.1. The van der Waals surface area contributed by atoms with Crippen LogP contribution in [0.25, 0.3) is 5.65 Å². The van der Waals surface area contributed by atoms with E-state index in [0.717, 1.165) is 48.5 Å². The zero-order valence-corrected chi connectivity index (χ0v) is 16.7. The summed E-state index contributed by atoms with van der Waals surface area (Å²) in [4.78, 5) is 20.3. The molecule has 3 aromatic rings. The van der Waals surface area contributed by atoms with E-state index in [2.05, 4.69) is 29.3 Å². The SMILES string of the molecule is CCCc1nc2c(C)cccn2c1C(=O)Nc1ccc(N2CCCCC2)cc1. The maximum atomic E-state index is 13.1. The Kier molecular flexibility index (Phi) is 5.33. The molecule has 1 aliphatic rings. The van der Waals surface area contributed by atoms with Gasteiger partial charge in [0.15, 0.2) is 0 Å². The highest BCUT2D eigenvalue weighted by Gasteiger charge is 2.20. The summed E-state index contributed by atoms with van der Waals surface area (Å²) in [6.45, 7) is 6.37. The van der Waals surface area contributed by atoms with Gasteiger partial charge in [0.2, 0.25) is 0 Å². The fourth-order valence-corrected chi connectivity index (χ4v) is 4.00. The summed E-state index contributed by atoms with van der Waals surface area (Å²) in [5, 5.41) is 3.07. The van der Waals surface area contributed by atoms with Crippen molar-refractivity contribution in [1.82, 2.24) is 9.38 Å². The number of pyridine rings is 1. The molecule has 0 bridgehead atoms. The fraction of sp³-hybridized carbons (Fsp3) is 0.391. The summed E-state index contributed by atoms with van der Waals surface area (Å²) < 4.78 is 1.91. The lowest BCUT2D eigenvalue weighted by molar-refractivity contribution is 0.102. The van der Waals surface area contributed by atoms with E-state index in [1.807, 2.05) is 41.8 Å². The Morgan fingerprint density at radius 2 is 1.86 bits per heavy atom. The van der Waals surface area contributed by atoms with E-state index in [0.29, 0.717) is 5.69 Å². The Bertz CT molecular complexity index is 968. The quantitative estimate of drug-likeness (QED) is 0.693. The number of carbonyl (C=O) groups excluding carboxylic acids is 1. The second-order valence-corrected chi connectivity index (χ2v) is 7.59. The fourth-order valence-electron chi connectivity index (χ4n) is 4.00. The number of hydrogen-bond donors (Lipinski definition) is 1. The summed E-state index contributed by atoms with van der Waals surface area (Å²) in [5.74, 6) is -0.104. The molecule has 1 N–H and O–H groups in total. The molecule has 0 aliphatic carbocycles. The molecule has 0 radical (unpaired) electrons. The average Bonchev–Trinajstić information content (AvgIpc) is 3.09. The number of benzene rings is 1. The van der Waals surface area contributed by atoms with Crippen LogP contribution in [0.4, 0.5) is 11.4 Å². The van der Waals surface area contributed by atoms with Crippen LogP contribution < -0.4 is 10.2 Å². The van der Waals surface area contributed by atoms with E-state index in [1.165, 1.54) is 24.9 Å².